The Morgan fingerprint density at radius 1 is 0.818 bits per heavy atom. The third-order valence-electron chi connectivity index (χ3n) is 7.89. The number of carbonyl (C=O) groups excluding carboxylic acids is 2. The number of hydrogen-bond donors (Lipinski definition) is 0. The molecule has 0 N–H and O–H groups in total. The third kappa shape index (κ3) is 2.82. The zero-order valence-corrected chi connectivity index (χ0v) is 19.9. The average molecular weight is 476 g/mol. The second kappa shape index (κ2) is 7.44. The van der Waals surface area contributed by atoms with Crippen molar-refractivity contribution in [3.05, 3.63) is 98.5 Å². The summed E-state index contributed by atoms with van der Waals surface area (Å²) in [7, 11) is 0. The summed E-state index contributed by atoms with van der Waals surface area (Å²) in [5.74, 6) is -1.09. The van der Waals surface area contributed by atoms with E-state index in [-0.39, 0.29) is 23.7 Å². The number of halogens is 2. The van der Waals surface area contributed by atoms with Crippen molar-refractivity contribution in [3.8, 4) is 0 Å². The molecule has 5 atom stereocenters. The van der Waals surface area contributed by atoms with Crippen LogP contribution >= 0.6 is 23.2 Å². The van der Waals surface area contributed by atoms with Gasteiger partial charge in [0.2, 0.25) is 11.8 Å². The van der Waals surface area contributed by atoms with Gasteiger partial charge in [0.15, 0.2) is 0 Å². The summed E-state index contributed by atoms with van der Waals surface area (Å²) in [6.07, 6.45) is 1.05. The minimum atomic E-state index is -0.438. The zero-order valence-electron chi connectivity index (χ0n) is 18.4. The van der Waals surface area contributed by atoms with Crippen molar-refractivity contribution >= 4 is 40.7 Å². The number of amides is 2. The first-order valence-electron chi connectivity index (χ1n) is 11.5. The fourth-order valence-corrected chi connectivity index (χ4v) is 6.55. The molecule has 0 spiro atoms. The minimum absolute atomic E-state index is 0.142. The van der Waals surface area contributed by atoms with Crippen LogP contribution in [0.5, 0.6) is 0 Å². The molecule has 3 aromatic carbocycles. The molecular formula is C28H23Cl2NO2. The Kier molecular flexibility index (Phi) is 4.73. The van der Waals surface area contributed by atoms with E-state index < -0.39 is 11.8 Å². The predicted octanol–water partition coefficient (Wildman–Crippen LogP) is 6.90. The van der Waals surface area contributed by atoms with Gasteiger partial charge in [0.1, 0.15) is 0 Å². The van der Waals surface area contributed by atoms with Gasteiger partial charge in [0.25, 0.3) is 0 Å². The molecule has 1 aliphatic heterocycles. The number of rotatable bonds is 3. The number of nitrogens with zero attached hydrogens (tertiary/aromatic N) is 1. The van der Waals surface area contributed by atoms with Crippen LogP contribution in [0.2, 0.25) is 10.0 Å². The van der Waals surface area contributed by atoms with Crippen LogP contribution in [0.3, 0.4) is 0 Å². The van der Waals surface area contributed by atoms with Gasteiger partial charge < -0.3 is 0 Å². The van der Waals surface area contributed by atoms with Crippen molar-refractivity contribution in [2.24, 2.45) is 11.8 Å². The molecule has 2 bridgehead atoms. The van der Waals surface area contributed by atoms with E-state index in [0.717, 1.165) is 17.5 Å². The molecule has 166 valence electrons. The second-order valence-electron chi connectivity index (χ2n) is 9.44. The summed E-state index contributed by atoms with van der Waals surface area (Å²) in [5.41, 5.74) is 6.35. The van der Waals surface area contributed by atoms with Crippen molar-refractivity contribution < 1.29 is 9.59 Å². The molecule has 7 rings (SSSR count). The largest absolute Gasteiger partial charge is 0.274 e. The Labute approximate surface area is 203 Å². The SMILES string of the molecule is CCC(C)c1ccc2c(c1)C1c3ccccc3C2C2C(=O)N(c3cc(Cl)ccc3Cl)C(=O)C12. The topological polar surface area (TPSA) is 37.4 Å². The van der Waals surface area contributed by atoms with Gasteiger partial charge in [-0.1, -0.05) is 79.5 Å². The molecular weight excluding hydrogens is 453 g/mol. The van der Waals surface area contributed by atoms with Crippen LogP contribution in [0.4, 0.5) is 5.69 Å². The van der Waals surface area contributed by atoms with Crippen LogP contribution in [0.25, 0.3) is 0 Å². The first kappa shape index (κ1) is 20.9. The summed E-state index contributed by atoms with van der Waals surface area (Å²) in [4.78, 5) is 29.0. The normalized spacial score (nSPS) is 25.6. The summed E-state index contributed by atoms with van der Waals surface area (Å²) in [5, 5.41) is 0.791. The fraction of sp³-hybridized carbons (Fsp3) is 0.286. The Balaban J connectivity index is 1.56. The van der Waals surface area contributed by atoms with Crippen molar-refractivity contribution in [1.82, 2.24) is 0 Å². The maximum atomic E-state index is 13.9. The van der Waals surface area contributed by atoms with Gasteiger partial charge in [-0.05, 0) is 58.4 Å². The minimum Gasteiger partial charge on any atom is -0.274 e. The van der Waals surface area contributed by atoms with E-state index in [1.165, 1.54) is 21.6 Å². The van der Waals surface area contributed by atoms with E-state index in [2.05, 4.69) is 44.2 Å². The highest BCUT2D eigenvalue weighted by molar-refractivity contribution is 6.38. The van der Waals surface area contributed by atoms with Crippen LogP contribution in [-0.4, -0.2) is 11.8 Å². The first-order valence-corrected chi connectivity index (χ1v) is 12.2. The van der Waals surface area contributed by atoms with E-state index >= 15 is 0 Å². The molecule has 1 saturated heterocycles. The molecule has 3 aromatic rings. The number of benzene rings is 3. The van der Waals surface area contributed by atoms with E-state index in [9.17, 15) is 9.59 Å². The molecule has 0 radical (unpaired) electrons. The molecule has 2 amide bonds. The molecule has 0 saturated carbocycles. The van der Waals surface area contributed by atoms with Crippen LogP contribution < -0.4 is 4.90 Å². The van der Waals surface area contributed by atoms with Crippen LogP contribution in [0, 0.1) is 11.8 Å². The maximum Gasteiger partial charge on any atom is 0.238 e. The number of carbonyl (C=O) groups is 2. The number of imide groups is 1. The van der Waals surface area contributed by atoms with Crippen LogP contribution in [0.1, 0.15) is 65.8 Å². The lowest BCUT2D eigenvalue weighted by molar-refractivity contribution is -0.122. The average Bonchev–Trinajstić information content (AvgIpc) is 3.10. The highest BCUT2D eigenvalue weighted by atomic mass is 35.5. The smallest absolute Gasteiger partial charge is 0.238 e. The van der Waals surface area contributed by atoms with Gasteiger partial charge >= 0.3 is 0 Å². The predicted molar refractivity (Wildman–Crippen MR) is 131 cm³/mol. The van der Waals surface area contributed by atoms with E-state index in [0.29, 0.717) is 21.7 Å². The van der Waals surface area contributed by atoms with E-state index in [4.69, 9.17) is 23.2 Å². The molecule has 5 unspecified atom stereocenters. The monoisotopic (exact) mass is 475 g/mol. The van der Waals surface area contributed by atoms with Gasteiger partial charge in [-0.15, -0.1) is 0 Å². The first-order chi connectivity index (χ1) is 15.9. The van der Waals surface area contributed by atoms with Crippen molar-refractivity contribution in [3.63, 3.8) is 0 Å². The van der Waals surface area contributed by atoms with Gasteiger partial charge in [-0.2, -0.15) is 0 Å². The summed E-state index contributed by atoms with van der Waals surface area (Å²) >= 11 is 12.6. The highest BCUT2D eigenvalue weighted by Crippen LogP contribution is 2.61. The lowest BCUT2D eigenvalue weighted by atomic mass is 9.54. The van der Waals surface area contributed by atoms with Crippen molar-refractivity contribution in [1.29, 1.82) is 0 Å². The van der Waals surface area contributed by atoms with Crippen LogP contribution in [0.15, 0.2) is 60.7 Å². The van der Waals surface area contributed by atoms with Crippen molar-refractivity contribution in [2.45, 2.75) is 38.0 Å². The Hall–Kier alpha value is -2.62. The summed E-state index contributed by atoms with van der Waals surface area (Å²) in [6, 6.07) is 19.9. The van der Waals surface area contributed by atoms with Crippen LogP contribution in [-0.2, 0) is 9.59 Å². The molecule has 4 aliphatic rings. The summed E-state index contributed by atoms with van der Waals surface area (Å²) in [6.45, 7) is 4.42. The lowest BCUT2D eigenvalue weighted by Crippen LogP contribution is -2.41. The Morgan fingerprint density at radius 2 is 1.42 bits per heavy atom. The van der Waals surface area contributed by atoms with Gasteiger partial charge in [0.05, 0.1) is 22.5 Å². The zero-order chi connectivity index (χ0) is 23.0. The standard InChI is InChI=1S/C28H23Cl2NO2/c1-3-14(2)15-8-10-19-20(12-15)24-18-7-5-4-6-17(18)23(19)25-26(24)28(33)31(27(25)32)22-13-16(29)9-11-21(22)30/h4-14,23-26H,3H2,1-2H3. The molecule has 1 fully saturated rings. The lowest BCUT2D eigenvalue weighted by Gasteiger charge is -2.46. The van der Waals surface area contributed by atoms with Gasteiger partial charge in [0, 0.05) is 16.9 Å². The quantitative estimate of drug-likeness (QED) is 0.386. The number of anilines is 1. The molecule has 3 nitrogen and oxygen atoms in total. The molecule has 3 aliphatic carbocycles. The fourth-order valence-electron chi connectivity index (χ4n) is 6.18. The Bertz CT molecular complexity index is 1330. The summed E-state index contributed by atoms with van der Waals surface area (Å²) < 4.78 is 0. The molecule has 0 aromatic heterocycles. The van der Waals surface area contributed by atoms with Crippen molar-refractivity contribution in [2.75, 3.05) is 4.90 Å². The Morgan fingerprint density at radius 3 is 2.06 bits per heavy atom. The third-order valence-corrected chi connectivity index (χ3v) is 8.45. The molecule has 5 heteroatoms. The van der Waals surface area contributed by atoms with Gasteiger partial charge in [-0.3, -0.25) is 9.59 Å². The molecule has 33 heavy (non-hydrogen) atoms. The second-order valence-corrected chi connectivity index (χ2v) is 10.3. The maximum absolute atomic E-state index is 13.9. The van der Waals surface area contributed by atoms with E-state index in [1.54, 1.807) is 18.2 Å². The van der Waals surface area contributed by atoms with E-state index in [1.807, 2.05) is 12.1 Å². The molecule has 1 heterocycles. The number of hydrogen-bond acceptors (Lipinski definition) is 2. The highest BCUT2D eigenvalue weighted by Gasteiger charge is 2.62. The van der Waals surface area contributed by atoms with Gasteiger partial charge in [-0.25, -0.2) is 4.90 Å².